The van der Waals surface area contributed by atoms with Gasteiger partial charge in [-0.15, -0.1) is 0 Å². The molecule has 0 amide bonds. The number of pyridine rings is 1. The Hall–Kier alpha value is -1.89. The van der Waals surface area contributed by atoms with Crippen molar-refractivity contribution < 1.29 is 4.92 Å². The third-order valence-corrected chi connectivity index (χ3v) is 2.68. The summed E-state index contributed by atoms with van der Waals surface area (Å²) in [7, 11) is 5.71. The summed E-state index contributed by atoms with van der Waals surface area (Å²) in [4.78, 5) is 16.8. The van der Waals surface area contributed by atoms with Crippen LogP contribution in [0.15, 0.2) is 12.1 Å². The van der Waals surface area contributed by atoms with E-state index >= 15 is 0 Å². The maximum atomic E-state index is 10.8. The molecule has 0 fully saturated rings. The molecule has 0 aliphatic heterocycles. The van der Waals surface area contributed by atoms with E-state index in [1.165, 1.54) is 12.1 Å². The van der Waals surface area contributed by atoms with Gasteiger partial charge in [0.2, 0.25) is 0 Å². The molecule has 19 heavy (non-hydrogen) atoms. The largest absolute Gasteiger partial charge is 0.373 e. The molecule has 1 heterocycles. The van der Waals surface area contributed by atoms with Gasteiger partial charge in [0.05, 0.1) is 17.1 Å². The number of rotatable bonds is 7. The molecule has 7 nitrogen and oxygen atoms in total. The Balaban J connectivity index is 2.76. The van der Waals surface area contributed by atoms with Crippen molar-refractivity contribution in [3.63, 3.8) is 0 Å². The van der Waals surface area contributed by atoms with E-state index in [2.05, 4.69) is 20.5 Å². The number of nitro groups is 1. The van der Waals surface area contributed by atoms with Crippen LogP contribution in [-0.2, 0) is 0 Å². The first-order valence-electron chi connectivity index (χ1n) is 6.18. The fourth-order valence-corrected chi connectivity index (χ4v) is 1.60. The molecule has 1 unspecified atom stereocenters. The van der Waals surface area contributed by atoms with Crippen LogP contribution >= 0.6 is 0 Å². The number of hydrogen-bond donors (Lipinski definition) is 2. The lowest BCUT2D eigenvalue weighted by atomic mass is 10.2. The quantitative estimate of drug-likeness (QED) is 0.579. The minimum absolute atomic E-state index is 0.0293. The minimum atomic E-state index is -0.418. The van der Waals surface area contributed by atoms with Crippen LogP contribution in [0.25, 0.3) is 0 Å². The lowest BCUT2D eigenvalue weighted by molar-refractivity contribution is -0.384. The van der Waals surface area contributed by atoms with Crippen LogP contribution in [0.1, 0.15) is 13.3 Å². The van der Waals surface area contributed by atoms with Crippen molar-refractivity contribution in [1.29, 1.82) is 0 Å². The van der Waals surface area contributed by atoms with Gasteiger partial charge in [0.15, 0.2) is 0 Å². The minimum Gasteiger partial charge on any atom is -0.373 e. The fraction of sp³-hybridized carbons (Fsp3) is 0.583. The second kappa shape index (κ2) is 6.89. The topological polar surface area (TPSA) is 83.3 Å². The first-order chi connectivity index (χ1) is 8.92. The number of hydrogen-bond acceptors (Lipinski definition) is 6. The predicted octanol–water partition coefficient (Wildman–Crippen LogP) is 1.78. The Morgan fingerprint density at radius 2 is 2.05 bits per heavy atom. The highest BCUT2D eigenvalue weighted by Crippen LogP contribution is 2.21. The van der Waals surface area contributed by atoms with Crippen molar-refractivity contribution in [2.45, 2.75) is 19.4 Å². The second-order valence-corrected chi connectivity index (χ2v) is 4.74. The van der Waals surface area contributed by atoms with Gasteiger partial charge in [0.1, 0.15) is 11.6 Å². The summed E-state index contributed by atoms with van der Waals surface area (Å²) in [5.41, 5.74) is 0.0293. The highest BCUT2D eigenvalue weighted by molar-refractivity contribution is 5.54. The number of nitrogens with one attached hydrogen (secondary N) is 2. The Kier molecular flexibility index (Phi) is 5.50. The van der Waals surface area contributed by atoms with Gasteiger partial charge in [-0.2, -0.15) is 0 Å². The predicted molar refractivity (Wildman–Crippen MR) is 76.7 cm³/mol. The van der Waals surface area contributed by atoms with E-state index in [9.17, 15) is 10.1 Å². The third-order valence-electron chi connectivity index (χ3n) is 2.68. The SMILES string of the molecule is CNc1cc([N+](=O)[O-])cc(NC(C)CCN(C)C)n1. The molecule has 0 saturated heterocycles. The van der Waals surface area contributed by atoms with Gasteiger partial charge in [-0.05, 0) is 34.0 Å². The Labute approximate surface area is 113 Å². The smallest absolute Gasteiger partial charge is 0.276 e. The lowest BCUT2D eigenvalue weighted by Gasteiger charge is -2.17. The van der Waals surface area contributed by atoms with Gasteiger partial charge in [-0.1, -0.05) is 0 Å². The molecular formula is C12H21N5O2. The highest BCUT2D eigenvalue weighted by atomic mass is 16.6. The van der Waals surface area contributed by atoms with Crippen molar-refractivity contribution >= 4 is 17.3 Å². The number of nitrogens with zero attached hydrogens (tertiary/aromatic N) is 3. The zero-order valence-corrected chi connectivity index (χ0v) is 11.8. The molecule has 0 aromatic carbocycles. The maximum Gasteiger partial charge on any atom is 0.276 e. The summed E-state index contributed by atoms with van der Waals surface area (Å²) >= 11 is 0. The standard InChI is InChI=1S/C12H21N5O2/c1-9(5-6-16(3)4)14-12-8-10(17(18)19)7-11(13-2)15-12/h7-9H,5-6H2,1-4H3,(H2,13,14,15). The van der Waals surface area contributed by atoms with Crippen molar-refractivity contribution in [2.75, 3.05) is 38.3 Å². The molecule has 1 rings (SSSR count). The van der Waals surface area contributed by atoms with Crippen LogP contribution in [0.2, 0.25) is 0 Å². The van der Waals surface area contributed by atoms with Gasteiger partial charge in [0.25, 0.3) is 5.69 Å². The molecule has 7 heteroatoms. The van der Waals surface area contributed by atoms with E-state index < -0.39 is 4.92 Å². The van der Waals surface area contributed by atoms with Gasteiger partial charge in [-0.25, -0.2) is 4.98 Å². The molecule has 0 radical (unpaired) electrons. The van der Waals surface area contributed by atoms with Crippen molar-refractivity contribution in [3.05, 3.63) is 22.2 Å². The van der Waals surface area contributed by atoms with Crippen LogP contribution in [0.4, 0.5) is 17.3 Å². The van der Waals surface area contributed by atoms with Crippen LogP contribution in [0.3, 0.4) is 0 Å². The van der Waals surface area contributed by atoms with E-state index in [1.807, 2.05) is 21.0 Å². The van der Waals surface area contributed by atoms with Crippen LogP contribution < -0.4 is 10.6 Å². The number of anilines is 2. The molecule has 0 saturated carbocycles. The average Bonchev–Trinajstić information content (AvgIpc) is 2.35. The monoisotopic (exact) mass is 267 g/mol. The number of aromatic nitrogens is 1. The molecule has 1 aromatic heterocycles. The van der Waals surface area contributed by atoms with Crippen molar-refractivity contribution in [1.82, 2.24) is 9.88 Å². The molecule has 0 bridgehead atoms. The van der Waals surface area contributed by atoms with Crippen molar-refractivity contribution in [3.8, 4) is 0 Å². The Bertz CT molecular complexity index is 436. The van der Waals surface area contributed by atoms with E-state index in [0.717, 1.165) is 13.0 Å². The first-order valence-corrected chi connectivity index (χ1v) is 6.18. The third kappa shape index (κ3) is 5.09. The van der Waals surface area contributed by atoms with Crippen LogP contribution in [0.5, 0.6) is 0 Å². The van der Waals surface area contributed by atoms with E-state index in [0.29, 0.717) is 11.6 Å². The molecule has 1 aromatic rings. The summed E-state index contributed by atoms with van der Waals surface area (Å²) in [5.74, 6) is 1.00. The molecule has 0 aliphatic rings. The molecule has 0 aliphatic carbocycles. The zero-order chi connectivity index (χ0) is 14.4. The first kappa shape index (κ1) is 15.2. The van der Waals surface area contributed by atoms with E-state index in [-0.39, 0.29) is 11.7 Å². The van der Waals surface area contributed by atoms with Crippen LogP contribution in [0, 0.1) is 10.1 Å². The molecule has 2 N–H and O–H groups in total. The highest BCUT2D eigenvalue weighted by Gasteiger charge is 2.12. The zero-order valence-electron chi connectivity index (χ0n) is 11.8. The second-order valence-electron chi connectivity index (χ2n) is 4.74. The normalized spacial score (nSPS) is 12.3. The van der Waals surface area contributed by atoms with E-state index in [4.69, 9.17) is 0 Å². The van der Waals surface area contributed by atoms with Gasteiger partial charge in [-0.3, -0.25) is 10.1 Å². The fourth-order valence-electron chi connectivity index (χ4n) is 1.60. The maximum absolute atomic E-state index is 10.8. The lowest BCUT2D eigenvalue weighted by Crippen LogP contribution is -2.23. The summed E-state index contributed by atoms with van der Waals surface area (Å²) in [6.07, 6.45) is 0.937. The summed E-state index contributed by atoms with van der Waals surface area (Å²) in [5, 5.41) is 16.8. The van der Waals surface area contributed by atoms with E-state index in [1.54, 1.807) is 7.05 Å². The summed E-state index contributed by atoms with van der Waals surface area (Å²) < 4.78 is 0. The summed E-state index contributed by atoms with van der Waals surface area (Å²) in [6.45, 7) is 2.98. The van der Waals surface area contributed by atoms with Gasteiger partial charge >= 0.3 is 0 Å². The average molecular weight is 267 g/mol. The summed E-state index contributed by atoms with van der Waals surface area (Å²) in [6, 6.07) is 3.06. The van der Waals surface area contributed by atoms with Crippen molar-refractivity contribution in [2.24, 2.45) is 0 Å². The Morgan fingerprint density at radius 3 is 2.58 bits per heavy atom. The van der Waals surface area contributed by atoms with Gasteiger partial charge < -0.3 is 15.5 Å². The van der Waals surface area contributed by atoms with Gasteiger partial charge in [0, 0.05) is 13.1 Å². The molecular weight excluding hydrogens is 246 g/mol. The molecule has 1 atom stereocenters. The van der Waals surface area contributed by atoms with Crippen LogP contribution in [-0.4, -0.2) is 48.5 Å². The molecule has 0 spiro atoms. The molecule has 106 valence electrons. The Morgan fingerprint density at radius 1 is 1.42 bits per heavy atom.